The number of benzene rings is 1. The van der Waals surface area contributed by atoms with Gasteiger partial charge in [-0.25, -0.2) is 0 Å². The smallest absolute Gasteiger partial charge is 0.332 e. The fourth-order valence-corrected chi connectivity index (χ4v) is 0.928. The molecule has 0 amide bonds. The number of hydrogen-bond acceptors (Lipinski definition) is 2. The van der Waals surface area contributed by atoms with E-state index in [9.17, 15) is 9.18 Å². The standard InChI is InChI=1S/C10H11FO2/c1-2-6-13-9-5-3-4-8(7-9)10(11)12/h3-5,7H,2,6H2,1H3. The molecule has 2 nitrogen and oxygen atoms in total. The summed E-state index contributed by atoms with van der Waals surface area (Å²) in [6, 6.07) is 4.68. The average molecular weight is 182 g/mol. The molecule has 0 aliphatic rings. The summed E-state index contributed by atoms with van der Waals surface area (Å²) >= 11 is 0. The predicted octanol–water partition coefficient (Wildman–Crippen LogP) is 2.59. The zero-order valence-electron chi connectivity index (χ0n) is 7.42. The van der Waals surface area contributed by atoms with Crippen LogP contribution < -0.4 is 4.74 Å². The van der Waals surface area contributed by atoms with Crippen molar-refractivity contribution in [2.75, 3.05) is 6.61 Å². The second-order valence-electron chi connectivity index (χ2n) is 2.65. The highest BCUT2D eigenvalue weighted by atomic mass is 19.1. The quantitative estimate of drug-likeness (QED) is 0.669. The number of carbonyl (C=O) groups excluding carboxylic acids is 1. The van der Waals surface area contributed by atoms with Gasteiger partial charge in [-0.15, -0.1) is 0 Å². The molecule has 0 aliphatic carbocycles. The largest absolute Gasteiger partial charge is 0.494 e. The first-order valence-corrected chi connectivity index (χ1v) is 4.16. The lowest BCUT2D eigenvalue weighted by Gasteiger charge is -2.03. The van der Waals surface area contributed by atoms with Gasteiger partial charge in [0.15, 0.2) is 0 Å². The van der Waals surface area contributed by atoms with Crippen molar-refractivity contribution in [1.82, 2.24) is 0 Å². The van der Waals surface area contributed by atoms with Gasteiger partial charge in [0.1, 0.15) is 5.75 Å². The van der Waals surface area contributed by atoms with Crippen molar-refractivity contribution in [1.29, 1.82) is 0 Å². The normalized spacial score (nSPS) is 9.69. The molecule has 0 spiro atoms. The predicted molar refractivity (Wildman–Crippen MR) is 47.7 cm³/mol. The molecule has 0 aliphatic heterocycles. The molecule has 1 aromatic rings. The maximum atomic E-state index is 12.2. The van der Waals surface area contributed by atoms with Gasteiger partial charge < -0.3 is 4.74 Å². The van der Waals surface area contributed by atoms with E-state index in [1.807, 2.05) is 6.92 Å². The van der Waals surface area contributed by atoms with Crippen molar-refractivity contribution in [3.8, 4) is 5.75 Å². The third-order valence-electron chi connectivity index (χ3n) is 1.53. The molecule has 0 saturated carbocycles. The lowest BCUT2D eigenvalue weighted by molar-refractivity contribution is 0.0835. The van der Waals surface area contributed by atoms with Gasteiger partial charge in [-0.05, 0) is 24.6 Å². The maximum absolute atomic E-state index is 12.2. The van der Waals surface area contributed by atoms with E-state index in [2.05, 4.69) is 0 Å². The molecule has 70 valence electrons. The molecule has 0 heterocycles. The Balaban J connectivity index is 2.73. The third-order valence-corrected chi connectivity index (χ3v) is 1.53. The van der Waals surface area contributed by atoms with E-state index in [0.717, 1.165) is 6.42 Å². The summed E-state index contributed by atoms with van der Waals surface area (Å²) in [4.78, 5) is 10.3. The highest BCUT2D eigenvalue weighted by Gasteiger charge is 2.03. The fraction of sp³-hybridized carbons (Fsp3) is 0.300. The van der Waals surface area contributed by atoms with E-state index in [0.29, 0.717) is 12.4 Å². The van der Waals surface area contributed by atoms with Crippen LogP contribution in [0, 0.1) is 0 Å². The second-order valence-corrected chi connectivity index (χ2v) is 2.65. The van der Waals surface area contributed by atoms with E-state index in [4.69, 9.17) is 4.74 Å². The molecule has 0 aromatic heterocycles. The first-order chi connectivity index (χ1) is 6.24. The Morgan fingerprint density at radius 2 is 2.31 bits per heavy atom. The van der Waals surface area contributed by atoms with E-state index < -0.39 is 6.04 Å². The monoisotopic (exact) mass is 182 g/mol. The molecule has 1 aromatic carbocycles. The van der Waals surface area contributed by atoms with Crippen LogP contribution in [0.4, 0.5) is 4.39 Å². The van der Waals surface area contributed by atoms with Crippen LogP contribution in [0.3, 0.4) is 0 Å². The van der Waals surface area contributed by atoms with Gasteiger partial charge in [0.2, 0.25) is 0 Å². The Morgan fingerprint density at radius 3 is 2.92 bits per heavy atom. The molecule has 0 N–H and O–H groups in total. The summed E-state index contributed by atoms with van der Waals surface area (Å²) in [5.74, 6) is 0.533. The van der Waals surface area contributed by atoms with Crippen LogP contribution in [0.1, 0.15) is 23.7 Å². The van der Waals surface area contributed by atoms with Crippen molar-refractivity contribution in [2.45, 2.75) is 13.3 Å². The Hall–Kier alpha value is -1.38. The van der Waals surface area contributed by atoms with Crippen LogP contribution in [0.5, 0.6) is 5.75 Å². The molecule has 0 unspecified atom stereocenters. The van der Waals surface area contributed by atoms with Crippen molar-refractivity contribution in [2.24, 2.45) is 0 Å². The highest BCUT2D eigenvalue weighted by molar-refractivity contribution is 5.88. The maximum Gasteiger partial charge on any atom is 0.332 e. The first-order valence-electron chi connectivity index (χ1n) is 4.16. The van der Waals surface area contributed by atoms with Crippen LogP contribution in [0.15, 0.2) is 24.3 Å². The highest BCUT2D eigenvalue weighted by Crippen LogP contribution is 2.14. The van der Waals surface area contributed by atoms with Crippen molar-refractivity contribution in [3.05, 3.63) is 29.8 Å². The van der Waals surface area contributed by atoms with Crippen molar-refractivity contribution >= 4 is 6.04 Å². The summed E-state index contributed by atoms with van der Waals surface area (Å²) in [5.41, 5.74) is 0.0357. The molecule has 0 saturated heterocycles. The van der Waals surface area contributed by atoms with Crippen LogP contribution >= 0.6 is 0 Å². The molecule has 0 radical (unpaired) electrons. The topological polar surface area (TPSA) is 26.3 Å². The van der Waals surface area contributed by atoms with E-state index in [1.54, 1.807) is 12.1 Å². The molecule has 0 fully saturated rings. The molecule has 1 rings (SSSR count). The van der Waals surface area contributed by atoms with Gasteiger partial charge in [-0.2, -0.15) is 4.39 Å². The van der Waals surface area contributed by atoms with Gasteiger partial charge in [0.25, 0.3) is 0 Å². The second kappa shape index (κ2) is 4.60. The minimum Gasteiger partial charge on any atom is -0.494 e. The Bertz CT molecular complexity index is 297. The molecular formula is C10H11FO2. The van der Waals surface area contributed by atoms with Crippen molar-refractivity contribution < 1.29 is 13.9 Å². The van der Waals surface area contributed by atoms with Crippen LogP contribution in [0.25, 0.3) is 0 Å². The molecule has 0 bridgehead atoms. The minimum absolute atomic E-state index is 0.0357. The molecular weight excluding hydrogens is 171 g/mol. The van der Waals surface area contributed by atoms with Gasteiger partial charge in [0.05, 0.1) is 12.2 Å². The number of halogens is 1. The lowest BCUT2D eigenvalue weighted by Crippen LogP contribution is -1.96. The molecule has 13 heavy (non-hydrogen) atoms. The number of hydrogen-bond donors (Lipinski definition) is 0. The van der Waals surface area contributed by atoms with Crippen LogP contribution in [0.2, 0.25) is 0 Å². The van der Waals surface area contributed by atoms with E-state index in [-0.39, 0.29) is 5.56 Å². The molecule has 0 atom stereocenters. The first kappa shape index (κ1) is 9.71. The number of ether oxygens (including phenoxy) is 1. The summed E-state index contributed by atoms with van der Waals surface area (Å²) in [6.45, 7) is 2.55. The van der Waals surface area contributed by atoms with Gasteiger partial charge in [-0.1, -0.05) is 13.0 Å². The van der Waals surface area contributed by atoms with E-state index in [1.165, 1.54) is 12.1 Å². The Labute approximate surface area is 76.3 Å². The van der Waals surface area contributed by atoms with Crippen LogP contribution in [-0.4, -0.2) is 12.6 Å². The summed E-state index contributed by atoms with van der Waals surface area (Å²) < 4.78 is 17.5. The number of rotatable bonds is 4. The summed E-state index contributed by atoms with van der Waals surface area (Å²) in [5, 5.41) is 0. The van der Waals surface area contributed by atoms with Crippen molar-refractivity contribution in [3.63, 3.8) is 0 Å². The van der Waals surface area contributed by atoms with Gasteiger partial charge in [0, 0.05) is 0 Å². The van der Waals surface area contributed by atoms with E-state index >= 15 is 0 Å². The zero-order valence-corrected chi connectivity index (χ0v) is 7.42. The molecule has 3 heteroatoms. The SMILES string of the molecule is CCCOc1cccc(C(=O)F)c1. The Kier molecular flexibility index (Phi) is 3.43. The summed E-state index contributed by atoms with van der Waals surface area (Å²) in [7, 11) is 0. The van der Waals surface area contributed by atoms with Crippen LogP contribution in [-0.2, 0) is 0 Å². The van der Waals surface area contributed by atoms with Gasteiger partial charge >= 0.3 is 6.04 Å². The lowest BCUT2D eigenvalue weighted by atomic mass is 10.2. The summed E-state index contributed by atoms with van der Waals surface area (Å²) in [6.07, 6.45) is 0.883. The third kappa shape index (κ3) is 2.86. The zero-order chi connectivity index (χ0) is 9.68. The van der Waals surface area contributed by atoms with Gasteiger partial charge in [-0.3, -0.25) is 4.79 Å². The Morgan fingerprint density at radius 1 is 1.54 bits per heavy atom. The fourth-order valence-electron chi connectivity index (χ4n) is 0.928. The number of carbonyl (C=O) groups is 1. The average Bonchev–Trinajstić information content (AvgIpc) is 2.15. The minimum atomic E-state index is -1.43.